The Morgan fingerprint density at radius 1 is 1.21 bits per heavy atom. The highest BCUT2D eigenvalue weighted by molar-refractivity contribution is 6.08. The smallest absolute Gasteiger partial charge is 0.352 e. The van der Waals surface area contributed by atoms with E-state index in [1.807, 2.05) is 37.3 Å². The summed E-state index contributed by atoms with van der Waals surface area (Å²) < 4.78 is 0. The predicted molar refractivity (Wildman–Crippen MR) is 73.2 cm³/mol. The third-order valence-electron chi connectivity index (χ3n) is 3.22. The van der Waals surface area contributed by atoms with Crippen molar-refractivity contribution in [3.05, 3.63) is 54.0 Å². The zero-order valence-electron chi connectivity index (χ0n) is 10.3. The lowest BCUT2D eigenvalue weighted by molar-refractivity contribution is 0.0692. The number of carboxylic acid groups (broad SMARTS) is 1. The Morgan fingerprint density at radius 3 is 2.63 bits per heavy atom. The number of para-hydroxylation sites is 1. The van der Waals surface area contributed by atoms with E-state index in [1.165, 1.54) is 0 Å². The molecule has 19 heavy (non-hydrogen) atoms. The third kappa shape index (κ3) is 1.78. The van der Waals surface area contributed by atoms with Gasteiger partial charge < -0.3 is 10.1 Å². The molecule has 2 N–H and O–H groups in total. The van der Waals surface area contributed by atoms with Crippen molar-refractivity contribution in [3.8, 4) is 11.1 Å². The van der Waals surface area contributed by atoms with Crippen molar-refractivity contribution in [3.63, 3.8) is 0 Å². The highest BCUT2D eigenvalue weighted by atomic mass is 16.4. The van der Waals surface area contributed by atoms with Crippen LogP contribution in [0.2, 0.25) is 0 Å². The van der Waals surface area contributed by atoms with E-state index >= 15 is 0 Å². The van der Waals surface area contributed by atoms with E-state index in [2.05, 4.69) is 9.97 Å². The first kappa shape index (κ1) is 11.5. The first-order chi connectivity index (χ1) is 9.18. The van der Waals surface area contributed by atoms with Gasteiger partial charge >= 0.3 is 5.97 Å². The van der Waals surface area contributed by atoms with Crippen LogP contribution in [0.5, 0.6) is 0 Å². The number of aromatic carboxylic acids is 1. The number of aromatic nitrogens is 2. The third-order valence-corrected chi connectivity index (χ3v) is 3.22. The molecule has 0 saturated heterocycles. The lowest BCUT2D eigenvalue weighted by atomic mass is 10.0. The summed E-state index contributed by atoms with van der Waals surface area (Å²) in [4.78, 5) is 18.4. The van der Waals surface area contributed by atoms with Gasteiger partial charge in [0.1, 0.15) is 5.69 Å². The monoisotopic (exact) mass is 252 g/mol. The van der Waals surface area contributed by atoms with Gasteiger partial charge in [-0.15, -0.1) is 0 Å². The molecule has 0 aliphatic carbocycles. The second-order valence-electron chi connectivity index (χ2n) is 4.41. The lowest BCUT2D eigenvalue weighted by Crippen LogP contribution is -1.98. The van der Waals surface area contributed by atoms with E-state index in [0.29, 0.717) is 5.56 Å². The van der Waals surface area contributed by atoms with Crippen molar-refractivity contribution >= 4 is 16.9 Å². The number of pyridine rings is 1. The van der Waals surface area contributed by atoms with Crippen molar-refractivity contribution in [2.45, 2.75) is 6.92 Å². The summed E-state index contributed by atoms with van der Waals surface area (Å²) in [6, 6.07) is 9.46. The largest absolute Gasteiger partial charge is 0.477 e. The summed E-state index contributed by atoms with van der Waals surface area (Å²) in [7, 11) is 0. The molecule has 0 saturated carbocycles. The van der Waals surface area contributed by atoms with Gasteiger partial charge in [0.15, 0.2) is 0 Å². The number of carboxylic acids is 1. The normalized spacial score (nSPS) is 10.8. The first-order valence-corrected chi connectivity index (χ1v) is 5.93. The zero-order valence-corrected chi connectivity index (χ0v) is 10.3. The molecule has 0 fully saturated rings. The molecule has 0 spiro atoms. The molecule has 0 aliphatic rings. The van der Waals surface area contributed by atoms with Gasteiger partial charge in [0.2, 0.25) is 0 Å². The molecule has 2 aromatic heterocycles. The van der Waals surface area contributed by atoms with Gasteiger partial charge in [-0.1, -0.05) is 18.2 Å². The van der Waals surface area contributed by atoms with Crippen molar-refractivity contribution in [1.29, 1.82) is 0 Å². The quantitative estimate of drug-likeness (QED) is 0.735. The topological polar surface area (TPSA) is 66.0 Å². The molecule has 0 atom stereocenters. The number of fused-ring (bicyclic) bond motifs is 1. The number of aryl methyl sites for hydroxylation is 1. The number of benzene rings is 1. The summed E-state index contributed by atoms with van der Waals surface area (Å²) in [5, 5.41) is 10.3. The van der Waals surface area contributed by atoms with Gasteiger partial charge in [-0.3, -0.25) is 4.98 Å². The molecule has 3 aromatic rings. The fourth-order valence-electron chi connectivity index (χ4n) is 2.34. The average molecular weight is 252 g/mol. The maximum absolute atomic E-state index is 11.4. The average Bonchev–Trinajstić information content (AvgIpc) is 2.81. The SMILES string of the molecule is Cc1cccc2c(-c3ccncc3)c(C(=O)O)[nH]c12. The van der Waals surface area contributed by atoms with Gasteiger partial charge in [-0.05, 0) is 30.2 Å². The zero-order chi connectivity index (χ0) is 13.4. The summed E-state index contributed by atoms with van der Waals surface area (Å²) in [5.41, 5.74) is 3.68. The van der Waals surface area contributed by atoms with Crippen molar-refractivity contribution in [2.24, 2.45) is 0 Å². The van der Waals surface area contributed by atoms with Crippen LogP contribution in [-0.2, 0) is 0 Å². The Hall–Kier alpha value is -2.62. The molecule has 4 nitrogen and oxygen atoms in total. The minimum absolute atomic E-state index is 0.218. The van der Waals surface area contributed by atoms with Crippen LogP contribution >= 0.6 is 0 Å². The van der Waals surface area contributed by atoms with Crippen molar-refractivity contribution < 1.29 is 9.90 Å². The molecular weight excluding hydrogens is 240 g/mol. The van der Waals surface area contributed by atoms with Crippen molar-refractivity contribution in [2.75, 3.05) is 0 Å². The number of nitrogens with zero attached hydrogens (tertiary/aromatic N) is 1. The maximum atomic E-state index is 11.4. The van der Waals surface area contributed by atoms with Gasteiger partial charge in [-0.2, -0.15) is 0 Å². The van der Waals surface area contributed by atoms with Crippen LogP contribution in [0.3, 0.4) is 0 Å². The number of hydrogen-bond donors (Lipinski definition) is 2. The van der Waals surface area contributed by atoms with E-state index in [0.717, 1.165) is 22.0 Å². The number of rotatable bonds is 2. The molecule has 0 unspecified atom stereocenters. The van der Waals surface area contributed by atoms with Crippen LogP contribution in [0, 0.1) is 6.92 Å². The molecule has 4 heteroatoms. The molecule has 3 rings (SSSR count). The molecule has 1 aromatic carbocycles. The van der Waals surface area contributed by atoms with Crippen LogP contribution in [0.1, 0.15) is 16.1 Å². The minimum atomic E-state index is -0.956. The second-order valence-corrected chi connectivity index (χ2v) is 4.41. The molecule has 0 aliphatic heterocycles. The first-order valence-electron chi connectivity index (χ1n) is 5.93. The molecule has 2 heterocycles. The molecule has 0 radical (unpaired) electrons. The Labute approximate surface area is 109 Å². The van der Waals surface area contributed by atoms with E-state index in [4.69, 9.17) is 0 Å². The molecule has 0 bridgehead atoms. The number of nitrogens with one attached hydrogen (secondary N) is 1. The second kappa shape index (κ2) is 4.24. The van der Waals surface area contributed by atoms with Crippen LogP contribution in [0.15, 0.2) is 42.7 Å². The van der Waals surface area contributed by atoms with Crippen LogP contribution in [0.4, 0.5) is 0 Å². The fourth-order valence-corrected chi connectivity index (χ4v) is 2.34. The van der Waals surface area contributed by atoms with E-state index in [-0.39, 0.29) is 5.69 Å². The number of carbonyl (C=O) groups is 1. The van der Waals surface area contributed by atoms with Gasteiger partial charge in [0.05, 0.1) is 0 Å². The Bertz CT molecular complexity index is 760. The Kier molecular flexibility index (Phi) is 2.56. The number of hydrogen-bond acceptors (Lipinski definition) is 2. The predicted octanol–water partition coefficient (Wildman–Crippen LogP) is 3.24. The Balaban J connectivity index is 2.42. The van der Waals surface area contributed by atoms with Gasteiger partial charge in [0.25, 0.3) is 0 Å². The van der Waals surface area contributed by atoms with Crippen LogP contribution in [-0.4, -0.2) is 21.0 Å². The standard InChI is InChI=1S/C15H12N2O2/c1-9-3-2-4-11-12(10-5-7-16-8-6-10)14(15(18)19)17-13(9)11/h2-8,17H,1H3,(H,18,19). The van der Waals surface area contributed by atoms with E-state index < -0.39 is 5.97 Å². The lowest BCUT2D eigenvalue weighted by Gasteiger charge is -2.01. The van der Waals surface area contributed by atoms with E-state index in [1.54, 1.807) is 12.4 Å². The fraction of sp³-hybridized carbons (Fsp3) is 0.0667. The van der Waals surface area contributed by atoms with Crippen LogP contribution in [0.25, 0.3) is 22.0 Å². The number of H-pyrrole nitrogens is 1. The van der Waals surface area contributed by atoms with Crippen molar-refractivity contribution in [1.82, 2.24) is 9.97 Å². The molecule has 0 amide bonds. The van der Waals surface area contributed by atoms with E-state index in [9.17, 15) is 9.90 Å². The van der Waals surface area contributed by atoms with Gasteiger partial charge in [0, 0.05) is 28.9 Å². The van der Waals surface area contributed by atoms with Crippen LogP contribution < -0.4 is 0 Å². The Morgan fingerprint density at radius 2 is 1.95 bits per heavy atom. The molecular formula is C15H12N2O2. The summed E-state index contributed by atoms with van der Waals surface area (Å²) in [5.74, 6) is -0.956. The molecule has 94 valence electrons. The summed E-state index contributed by atoms with van der Waals surface area (Å²) >= 11 is 0. The summed E-state index contributed by atoms with van der Waals surface area (Å²) in [6.45, 7) is 1.96. The van der Waals surface area contributed by atoms with Gasteiger partial charge in [-0.25, -0.2) is 4.79 Å². The highest BCUT2D eigenvalue weighted by Gasteiger charge is 2.18. The minimum Gasteiger partial charge on any atom is -0.477 e. The highest BCUT2D eigenvalue weighted by Crippen LogP contribution is 2.33. The summed E-state index contributed by atoms with van der Waals surface area (Å²) in [6.07, 6.45) is 3.32. The number of aromatic amines is 1. The maximum Gasteiger partial charge on any atom is 0.352 e.